The summed E-state index contributed by atoms with van der Waals surface area (Å²) < 4.78 is 4.71. The number of benzene rings is 1. The van der Waals surface area contributed by atoms with Crippen molar-refractivity contribution >= 4 is 29.4 Å². The van der Waals surface area contributed by atoms with Crippen LogP contribution in [-0.4, -0.2) is 47.7 Å². The van der Waals surface area contributed by atoms with Crippen molar-refractivity contribution in [2.24, 2.45) is 5.73 Å². The highest BCUT2D eigenvalue weighted by Crippen LogP contribution is 2.20. The zero-order valence-corrected chi connectivity index (χ0v) is 15.6. The number of ether oxygens (including phenoxy) is 1. The number of thioether (sulfide) groups is 1. The summed E-state index contributed by atoms with van der Waals surface area (Å²) in [4.78, 5) is 21.1. The van der Waals surface area contributed by atoms with Gasteiger partial charge in [-0.1, -0.05) is 25.1 Å². The molecular formula is C17H28N2O4S. The fourth-order valence-electron chi connectivity index (χ4n) is 1.74. The molecule has 0 amide bonds. The van der Waals surface area contributed by atoms with Crippen LogP contribution in [0.1, 0.15) is 25.0 Å². The molecule has 0 spiro atoms. The predicted molar refractivity (Wildman–Crippen MR) is 99.6 cm³/mol. The van der Waals surface area contributed by atoms with Gasteiger partial charge in [-0.3, -0.25) is 9.59 Å². The minimum Gasteiger partial charge on any atom is -0.480 e. The third-order valence-corrected chi connectivity index (χ3v) is 3.94. The second-order valence-corrected chi connectivity index (χ2v) is 6.49. The number of hydrogen-bond acceptors (Lipinski definition) is 6. The van der Waals surface area contributed by atoms with Crippen LogP contribution < -0.4 is 11.1 Å². The van der Waals surface area contributed by atoms with Crippen molar-refractivity contribution in [3.05, 3.63) is 29.3 Å². The summed E-state index contributed by atoms with van der Waals surface area (Å²) in [5.41, 5.74) is 8.06. The number of carboxylic acids is 1. The molecule has 0 aliphatic heterocycles. The number of nitrogens with two attached hydrogens (primary N) is 1. The lowest BCUT2D eigenvalue weighted by molar-refractivity contribution is -0.141. The van der Waals surface area contributed by atoms with E-state index in [-0.39, 0.29) is 12.5 Å². The van der Waals surface area contributed by atoms with Gasteiger partial charge in [-0.25, -0.2) is 0 Å². The first-order chi connectivity index (χ1) is 11.3. The molecule has 1 atom stereocenters. The van der Waals surface area contributed by atoms with Gasteiger partial charge in [0.2, 0.25) is 0 Å². The van der Waals surface area contributed by atoms with Gasteiger partial charge in [-0.05, 0) is 37.7 Å². The maximum atomic E-state index is 10.7. The molecule has 0 aliphatic rings. The molecular weight excluding hydrogens is 328 g/mol. The Morgan fingerprint density at radius 1 is 1.33 bits per heavy atom. The number of nitrogens with one attached hydrogen (secondary N) is 1. The van der Waals surface area contributed by atoms with E-state index in [9.17, 15) is 9.59 Å². The van der Waals surface area contributed by atoms with Crippen molar-refractivity contribution in [3.8, 4) is 0 Å². The molecule has 0 fully saturated rings. The molecule has 1 aromatic carbocycles. The SMILES string of the molecule is CCSCCOC(=O)CN.Cc1cccc(C)c1N[C@@H](C)C(=O)O. The van der Waals surface area contributed by atoms with E-state index < -0.39 is 12.0 Å². The van der Waals surface area contributed by atoms with E-state index in [1.165, 1.54) is 0 Å². The van der Waals surface area contributed by atoms with E-state index in [4.69, 9.17) is 15.6 Å². The number of aliphatic carboxylic acids is 1. The smallest absolute Gasteiger partial charge is 0.325 e. The van der Waals surface area contributed by atoms with Crippen LogP contribution in [0.15, 0.2) is 18.2 Å². The summed E-state index contributed by atoms with van der Waals surface area (Å²) in [6, 6.07) is 5.32. The molecule has 0 aromatic heterocycles. The Hall–Kier alpha value is -1.73. The van der Waals surface area contributed by atoms with Crippen molar-refractivity contribution in [1.29, 1.82) is 0 Å². The molecule has 0 bridgehead atoms. The van der Waals surface area contributed by atoms with Crippen molar-refractivity contribution in [3.63, 3.8) is 0 Å². The van der Waals surface area contributed by atoms with Gasteiger partial charge in [-0.2, -0.15) is 11.8 Å². The first-order valence-electron chi connectivity index (χ1n) is 7.82. The average molecular weight is 356 g/mol. The standard InChI is InChI=1S/C11H15NO2.C6H13NO2S/c1-7-5-4-6-8(2)10(7)12-9(3)11(13)14;1-2-10-4-3-9-6(8)5-7/h4-6,9,12H,1-3H3,(H,13,14);2-5,7H2,1H3/t9-;/m0./s1. The Morgan fingerprint density at radius 3 is 2.38 bits per heavy atom. The normalized spacial score (nSPS) is 11.0. The van der Waals surface area contributed by atoms with Gasteiger partial charge in [-0.15, -0.1) is 0 Å². The highest BCUT2D eigenvalue weighted by atomic mass is 32.2. The molecule has 7 heteroatoms. The van der Waals surface area contributed by atoms with E-state index >= 15 is 0 Å². The van der Waals surface area contributed by atoms with Crippen LogP contribution in [0, 0.1) is 13.8 Å². The van der Waals surface area contributed by atoms with Crippen LogP contribution >= 0.6 is 11.8 Å². The predicted octanol–water partition coefficient (Wildman–Crippen LogP) is 2.43. The van der Waals surface area contributed by atoms with E-state index in [0.717, 1.165) is 28.3 Å². The maximum absolute atomic E-state index is 10.7. The third kappa shape index (κ3) is 9.42. The molecule has 0 saturated heterocycles. The number of carboxylic acid groups (broad SMARTS) is 1. The minimum absolute atomic E-state index is 0.0171. The van der Waals surface area contributed by atoms with Gasteiger partial charge in [0.15, 0.2) is 0 Å². The van der Waals surface area contributed by atoms with Crippen LogP contribution in [-0.2, 0) is 14.3 Å². The lowest BCUT2D eigenvalue weighted by Crippen LogP contribution is -2.26. The highest BCUT2D eigenvalue weighted by molar-refractivity contribution is 7.99. The number of anilines is 1. The number of aryl methyl sites for hydroxylation is 2. The minimum atomic E-state index is -0.840. The van der Waals surface area contributed by atoms with E-state index in [1.807, 2.05) is 32.0 Å². The van der Waals surface area contributed by atoms with Crippen molar-refractivity contribution in [1.82, 2.24) is 0 Å². The summed E-state index contributed by atoms with van der Waals surface area (Å²) in [5, 5.41) is 11.7. The summed E-state index contributed by atoms with van der Waals surface area (Å²) in [6.45, 7) is 8.09. The monoisotopic (exact) mass is 356 g/mol. The van der Waals surface area contributed by atoms with Gasteiger partial charge >= 0.3 is 11.9 Å². The summed E-state index contributed by atoms with van der Waals surface area (Å²) in [6.07, 6.45) is 0. The summed E-state index contributed by atoms with van der Waals surface area (Å²) >= 11 is 1.74. The quantitative estimate of drug-likeness (QED) is 0.486. The first kappa shape index (κ1) is 22.3. The molecule has 1 aromatic rings. The summed E-state index contributed by atoms with van der Waals surface area (Å²) in [5.74, 6) is 0.756. The van der Waals surface area contributed by atoms with E-state index in [2.05, 4.69) is 12.2 Å². The second-order valence-electron chi connectivity index (χ2n) is 5.09. The lowest BCUT2D eigenvalue weighted by atomic mass is 10.1. The van der Waals surface area contributed by atoms with Crippen LogP contribution in [0.25, 0.3) is 0 Å². The number of carbonyl (C=O) groups excluding carboxylic acids is 1. The number of rotatable bonds is 8. The van der Waals surface area contributed by atoms with Crippen LogP contribution in [0.2, 0.25) is 0 Å². The van der Waals surface area contributed by atoms with Gasteiger partial charge in [0, 0.05) is 11.4 Å². The van der Waals surface area contributed by atoms with Gasteiger partial charge in [0.05, 0.1) is 6.54 Å². The molecule has 0 saturated carbocycles. The van der Waals surface area contributed by atoms with Gasteiger partial charge < -0.3 is 20.9 Å². The Balaban J connectivity index is 0.000000470. The lowest BCUT2D eigenvalue weighted by Gasteiger charge is -2.15. The van der Waals surface area contributed by atoms with Crippen LogP contribution in [0.5, 0.6) is 0 Å². The summed E-state index contributed by atoms with van der Waals surface area (Å²) in [7, 11) is 0. The Kier molecular flexibility index (Phi) is 11.8. The zero-order valence-electron chi connectivity index (χ0n) is 14.8. The molecule has 0 unspecified atom stereocenters. The van der Waals surface area contributed by atoms with Gasteiger partial charge in [0.1, 0.15) is 12.6 Å². The molecule has 0 heterocycles. The molecule has 136 valence electrons. The number of hydrogen-bond donors (Lipinski definition) is 3. The van der Waals surface area contributed by atoms with Gasteiger partial charge in [0.25, 0.3) is 0 Å². The van der Waals surface area contributed by atoms with E-state index in [1.54, 1.807) is 18.7 Å². The molecule has 1 rings (SSSR count). The fourth-order valence-corrected chi connectivity index (χ4v) is 2.23. The van der Waals surface area contributed by atoms with Crippen LogP contribution in [0.3, 0.4) is 0 Å². The van der Waals surface area contributed by atoms with Crippen molar-refractivity contribution in [2.75, 3.05) is 30.0 Å². The molecule has 6 nitrogen and oxygen atoms in total. The topological polar surface area (TPSA) is 102 Å². The fraction of sp³-hybridized carbons (Fsp3) is 0.529. The number of para-hydroxylation sites is 1. The third-order valence-electron chi connectivity index (χ3n) is 3.07. The van der Waals surface area contributed by atoms with E-state index in [0.29, 0.717) is 6.61 Å². The molecule has 0 aliphatic carbocycles. The first-order valence-corrected chi connectivity index (χ1v) is 8.97. The maximum Gasteiger partial charge on any atom is 0.325 e. The molecule has 4 N–H and O–H groups in total. The van der Waals surface area contributed by atoms with Crippen molar-refractivity contribution < 1.29 is 19.4 Å². The largest absolute Gasteiger partial charge is 0.480 e. The average Bonchev–Trinajstić information content (AvgIpc) is 2.55. The Morgan fingerprint density at radius 2 is 1.92 bits per heavy atom. The highest BCUT2D eigenvalue weighted by Gasteiger charge is 2.12. The van der Waals surface area contributed by atoms with Crippen LogP contribution in [0.4, 0.5) is 5.69 Å². The second kappa shape index (κ2) is 12.7. The molecule has 24 heavy (non-hydrogen) atoms. The zero-order chi connectivity index (χ0) is 18.5. The number of carbonyl (C=O) groups is 2. The molecule has 0 radical (unpaired) electrons. The van der Waals surface area contributed by atoms with Crippen molar-refractivity contribution in [2.45, 2.75) is 33.7 Å². The number of esters is 1. The Bertz CT molecular complexity index is 503. The Labute approximate surface area is 148 Å².